The van der Waals surface area contributed by atoms with Crippen LogP contribution in [0.2, 0.25) is 0 Å². The minimum atomic E-state index is -0.274. The summed E-state index contributed by atoms with van der Waals surface area (Å²) >= 11 is 1.42. The molecule has 7 heteroatoms. The van der Waals surface area contributed by atoms with Gasteiger partial charge in [0.15, 0.2) is 5.16 Å². The number of hydrogen-bond acceptors (Lipinski definition) is 5. The van der Waals surface area contributed by atoms with Gasteiger partial charge in [0.1, 0.15) is 5.82 Å². The largest absolute Gasteiger partial charge is 0.385 e. The van der Waals surface area contributed by atoms with Gasteiger partial charge in [0.2, 0.25) is 5.91 Å². The third-order valence-corrected chi connectivity index (χ3v) is 5.09. The summed E-state index contributed by atoms with van der Waals surface area (Å²) < 4.78 is 7.14. The Morgan fingerprint density at radius 2 is 1.96 bits per heavy atom. The number of amides is 1. The third-order valence-electron chi connectivity index (χ3n) is 4.01. The van der Waals surface area contributed by atoms with Crippen molar-refractivity contribution in [1.82, 2.24) is 14.8 Å². The first-order valence-corrected chi connectivity index (χ1v) is 9.24. The lowest BCUT2D eigenvalue weighted by atomic mass is 10.1. The van der Waals surface area contributed by atoms with E-state index in [1.807, 2.05) is 50.5 Å². The van der Waals surface area contributed by atoms with Gasteiger partial charge in [0, 0.05) is 25.9 Å². The molecular weight excluding hydrogens is 336 g/mol. The maximum atomic E-state index is 12.6. The second-order valence-corrected chi connectivity index (χ2v) is 7.35. The number of methoxy groups -OCH3 is 1. The average molecular weight is 362 g/mol. The fourth-order valence-electron chi connectivity index (χ4n) is 2.52. The summed E-state index contributed by atoms with van der Waals surface area (Å²) in [5.41, 5.74) is 3.01. The Balaban J connectivity index is 2.04. The lowest BCUT2D eigenvalue weighted by Crippen LogP contribution is -2.24. The topological polar surface area (TPSA) is 69.0 Å². The molecule has 2 aromatic rings. The molecule has 0 fully saturated rings. The molecule has 0 aliphatic rings. The van der Waals surface area contributed by atoms with Crippen molar-refractivity contribution in [2.75, 3.05) is 19.0 Å². The van der Waals surface area contributed by atoms with Gasteiger partial charge < -0.3 is 14.6 Å². The Bertz CT molecular complexity index is 710. The molecule has 25 heavy (non-hydrogen) atoms. The number of carbonyl (C=O) groups excluding carboxylic acids is 1. The number of carbonyl (C=O) groups is 1. The van der Waals surface area contributed by atoms with Crippen LogP contribution in [0.4, 0.5) is 5.69 Å². The molecule has 0 saturated carbocycles. The van der Waals surface area contributed by atoms with Crippen LogP contribution in [0.1, 0.15) is 30.3 Å². The molecule has 0 spiro atoms. The molecule has 1 amide bonds. The zero-order chi connectivity index (χ0) is 18.4. The first-order chi connectivity index (χ1) is 11.9. The molecule has 0 radical (unpaired) electrons. The van der Waals surface area contributed by atoms with Crippen LogP contribution in [0.5, 0.6) is 0 Å². The highest BCUT2D eigenvalue weighted by Crippen LogP contribution is 2.25. The van der Waals surface area contributed by atoms with E-state index >= 15 is 0 Å². The number of aryl methyl sites for hydroxylation is 3. The smallest absolute Gasteiger partial charge is 0.237 e. The molecule has 1 atom stereocenters. The molecule has 0 aliphatic carbocycles. The number of anilines is 1. The summed E-state index contributed by atoms with van der Waals surface area (Å²) in [4.78, 5) is 12.6. The molecule has 1 unspecified atom stereocenters. The number of para-hydroxylation sites is 1. The highest BCUT2D eigenvalue weighted by molar-refractivity contribution is 8.00. The zero-order valence-electron chi connectivity index (χ0n) is 15.5. The number of nitrogens with one attached hydrogen (secondary N) is 1. The summed E-state index contributed by atoms with van der Waals surface area (Å²) in [5.74, 6) is 0.812. The number of rotatable bonds is 8. The maximum absolute atomic E-state index is 12.6. The molecule has 136 valence electrons. The van der Waals surface area contributed by atoms with Crippen molar-refractivity contribution in [3.05, 3.63) is 35.2 Å². The fraction of sp³-hybridized carbons (Fsp3) is 0.500. The predicted octanol–water partition coefficient (Wildman–Crippen LogP) is 3.36. The minimum Gasteiger partial charge on any atom is -0.385 e. The SMILES string of the molecule is COCCCn1c(C)nnc1SC(C)C(=O)Nc1c(C)cccc1C. The van der Waals surface area contributed by atoms with E-state index in [2.05, 4.69) is 15.5 Å². The summed E-state index contributed by atoms with van der Waals surface area (Å²) in [6.45, 7) is 9.26. The lowest BCUT2D eigenvalue weighted by molar-refractivity contribution is -0.115. The Kier molecular flexibility index (Phi) is 7.01. The number of hydrogen-bond donors (Lipinski definition) is 1. The van der Waals surface area contributed by atoms with Crippen LogP contribution >= 0.6 is 11.8 Å². The molecule has 1 N–H and O–H groups in total. The summed E-state index contributed by atoms with van der Waals surface area (Å²) in [5, 5.41) is 11.9. The van der Waals surface area contributed by atoms with Crippen molar-refractivity contribution in [2.45, 2.75) is 51.1 Å². The number of thioether (sulfide) groups is 1. The van der Waals surface area contributed by atoms with Crippen molar-refractivity contribution in [2.24, 2.45) is 0 Å². The van der Waals surface area contributed by atoms with E-state index in [1.165, 1.54) is 11.8 Å². The number of nitrogens with zero attached hydrogens (tertiary/aromatic N) is 3. The third kappa shape index (κ3) is 5.06. The fourth-order valence-corrected chi connectivity index (χ4v) is 3.44. The van der Waals surface area contributed by atoms with E-state index in [-0.39, 0.29) is 11.2 Å². The quantitative estimate of drug-likeness (QED) is 0.576. The van der Waals surface area contributed by atoms with Crippen molar-refractivity contribution in [3.8, 4) is 0 Å². The monoisotopic (exact) mass is 362 g/mol. The standard InChI is InChI=1S/C18H26N4O2S/c1-12-8-6-9-13(2)16(12)19-17(23)14(3)25-18-21-20-15(4)22(18)10-7-11-24-5/h6,8-9,14H,7,10-11H2,1-5H3,(H,19,23). The van der Waals surface area contributed by atoms with Gasteiger partial charge in [0.05, 0.1) is 5.25 Å². The Hall–Kier alpha value is -1.86. The van der Waals surface area contributed by atoms with Crippen LogP contribution in [0.25, 0.3) is 0 Å². The van der Waals surface area contributed by atoms with Crippen LogP contribution in [0, 0.1) is 20.8 Å². The second-order valence-electron chi connectivity index (χ2n) is 6.04. The van der Waals surface area contributed by atoms with E-state index < -0.39 is 0 Å². The zero-order valence-corrected chi connectivity index (χ0v) is 16.3. The van der Waals surface area contributed by atoms with E-state index in [0.29, 0.717) is 6.61 Å². The molecule has 0 bridgehead atoms. The highest BCUT2D eigenvalue weighted by atomic mass is 32.2. The lowest BCUT2D eigenvalue weighted by Gasteiger charge is -2.15. The van der Waals surface area contributed by atoms with Crippen LogP contribution in [0.15, 0.2) is 23.4 Å². The van der Waals surface area contributed by atoms with E-state index in [1.54, 1.807) is 7.11 Å². The van der Waals surface area contributed by atoms with Crippen LogP contribution < -0.4 is 5.32 Å². The maximum Gasteiger partial charge on any atom is 0.237 e. The van der Waals surface area contributed by atoms with Crippen molar-refractivity contribution in [3.63, 3.8) is 0 Å². The minimum absolute atomic E-state index is 0.0357. The second kappa shape index (κ2) is 9.01. The first-order valence-electron chi connectivity index (χ1n) is 8.36. The van der Waals surface area contributed by atoms with Crippen molar-refractivity contribution >= 4 is 23.4 Å². The predicted molar refractivity (Wildman–Crippen MR) is 101 cm³/mol. The van der Waals surface area contributed by atoms with Gasteiger partial charge >= 0.3 is 0 Å². The molecule has 0 aliphatic heterocycles. The van der Waals surface area contributed by atoms with Gasteiger partial charge in [-0.2, -0.15) is 0 Å². The molecule has 0 saturated heterocycles. The van der Waals surface area contributed by atoms with Gasteiger partial charge in [-0.25, -0.2) is 0 Å². The van der Waals surface area contributed by atoms with Gasteiger partial charge in [-0.3, -0.25) is 4.79 Å². The molecule has 6 nitrogen and oxygen atoms in total. The molecule has 1 aromatic heterocycles. The normalized spacial score (nSPS) is 12.2. The molecular formula is C18H26N4O2S. The Morgan fingerprint density at radius 1 is 1.28 bits per heavy atom. The van der Waals surface area contributed by atoms with Gasteiger partial charge in [-0.05, 0) is 45.2 Å². The molecule has 2 rings (SSSR count). The van der Waals surface area contributed by atoms with Crippen LogP contribution in [-0.4, -0.2) is 39.6 Å². The number of ether oxygens (including phenoxy) is 1. The first kappa shape index (κ1) is 19.5. The number of aromatic nitrogens is 3. The van der Waals surface area contributed by atoms with Crippen LogP contribution in [-0.2, 0) is 16.1 Å². The van der Waals surface area contributed by atoms with Crippen molar-refractivity contribution in [1.29, 1.82) is 0 Å². The Morgan fingerprint density at radius 3 is 2.60 bits per heavy atom. The summed E-state index contributed by atoms with van der Waals surface area (Å²) in [7, 11) is 1.69. The summed E-state index contributed by atoms with van der Waals surface area (Å²) in [6, 6.07) is 5.98. The molecule has 1 aromatic carbocycles. The van der Waals surface area contributed by atoms with Crippen molar-refractivity contribution < 1.29 is 9.53 Å². The van der Waals surface area contributed by atoms with Crippen LogP contribution in [0.3, 0.4) is 0 Å². The van der Waals surface area contributed by atoms with E-state index in [9.17, 15) is 4.79 Å². The molecule has 1 heterocycles. The summed E-state index contributed by atoms with van der Waals surface area (Å²) in [6.07, 6.45) is 0.881. The van der Waals surface area contributed by atoms with E-state index in [4.69, 9.17) is 4.74 Å². The van der Waals surface area contributed by atoms with Gasteiger partial charge in [-0.1, -0.05) is 30.0 Å². The van der Waals surface area contributed by atoms with Gasteiger partial charge in [-0.15, -0.1) is 10.2 Å². The van der Waals surface area contributed by atoms with Gasteiger partial charge in [0.25, 0.3) is 0 Å². The Labute approximate surface area is 153 Å². The number of benzene rings is 1. The van der Waals surface area contributed by atoms with E-state index in [0.717, 1.165) is 40.8 Å². The average Bonchev–Trinajstić information content (AvgIpc) is 2.91. The highest BCUT2D eigenvalue weighted by Gasteiger charge is 2.20.